The fourth-order valence-electron chi connectivity index (χ4n) is 2.52. The first-order chi connectivity index (χ1) is 9.75. The predicted octanol–water partition coefficient (Wildman–Crippen LogP) is 1.63. The number of hydrogen-bond acceptors (Lipinski definition) is 3. The molecular formula is C15H22N2O3. The van der Waals surface area contributed by atoms with Crippen LogP contribution in [0.25, 0.3) is 0 Å². The molecule has 0 unspecified atom stereocenters. The van der Waals surface area contributed by atoms with E-state index in [4.69, 9.17) is 4.42 Å². The van der Waals surface area contributed by atoms with Gasteiger partial charge in [-0.3, -0.25) is 9.59 Å². The molecule has 2 rings (SSSR count). The van der Waals surface area contributed by atoms with Crippen LogP contribution in [0.5, 0.6) is 0 Å². The lowest BCUT2D eigenvalue weighted by atomic mass is 9.89. The highest BCUT2D eigenvalue weighted by atomic mass is 16.3. The van der Waals surface area contributed by atoms with Gasteiger partial charge in [0.1, 0.15) is 5.76 Å². The minimum atomic E-state index is -0.152. The maximum atomic E-state index is 11.9. The Morgan fingerprint density at radius 3 is 2.70 bits per heavy atom. The highest BCUT2D eigenvalue weighted by Gasteiger charge is 2.21. The van der Waals surface area contributed by atoms with Crippen molar-refractivity contribution < 1.29 is 14.0 Å². The van der Waals surface area contributed by atoms with Crippen LogP contribution in [0.2, 0.25) is 0 Å². The Hall–Kier alpha value is -1.78. The van der Waals surface area contributed by atoms with E-state index in [-0.39, 0.29) is 24.3 Å². The third-order valence-corrected chi connectivity index (χ3v) is 3.67. The lowest BCUT2D eigenvalue weighted by Gasteiger charge is -2.20. The second-order valence-electron chi connectivity index (χ2n) is 5.23. The summed E-state index contributed by atoms with van der Waals surface area (Å²) in [4.78, 5) is 23.5. The number of furan rings is 1. The van der Waals surface area contributed by atoms with Crippen molar-refractivity contribution in [2.24, 2.45) is 5.92 Å². The van der Waals surface area contributed by atoms with Gasteiger partial charge >= 0.3 is 0 Å². The molecule has 0 radical (unpaired) electrons. The van der Waals surface area contributed by atoms with Gasteiger partial charge in [0.05, 0.1) is 12.8 Å². The van der Waals surface area contributed by atoms with Gasteiger partial charge in [-0.15, -0.1) is 0 Å². The van der Waals surface area contributed by atoms with Crippen molar-refractivity contribution in [3.8, 4) is 0 Å². The van der Waals surface area contributed by atoms with Gasteiger partial charge in [0, 0.05) is 18.9 Å². The lowest BCUT2D eigenvalue weighted by molar-refractivity contribution is -0.129. The summed E-state index contributed by atoms with van der Waals surface area (Å²) in [6.45, 7) is 0.582. The van der Waals surface area contributed by atoms with Gasteiger partial charge in [-0.2, -0.15) is 0 Å². The summed E-state index contributed by atoms with van der Waals surface area (Å²) in [7, 11) is 0. The van der Waals surface area contributed by atoms with E-state index in [0.29, 0.717) is 13.0 Å². The summed E-state index contributed by atoms with van der Waals surface area (Å²) in [5.41, 5.74) is 0. The fraction of sp³-hybridized carbons (Fsp3) is 0.600. The van der Waals surface area contributed by atoms with E-state index in [2.05, 4.69) is 10.6 Å². The Morgan fingerprint density at radius 1 is 1.20 bits per heavy atom. The molecule has 1 aromatic heterocycles. The average Bonchev–Trinajstić information content (AvgIpc) is 2.99. The van der Waals surface area contributed by atoms with E-state index in [0.717, 1.165) is 31.4 Å². The van der Waals surface area contributed by atoms with Gasteiger partial charge in [-0.05, 0) is 25.0 Å². The van der Waals surface area contributed by atoms with Crippen molar-refractivity contribution in [3.63, 3.8) is 0 Å². The average molecular weight is 278 g/mol. The Morgan fingerprint density at radius 2 is 2.00 bits per heavy atom. The van der Waals surface area contributed by atoms with Gasteiger partial charge in [0.2, 0.25) is 11.8 Å². The smallest absolute Gasteiger partial charge is 0.239 e. The van der Waals surface area contributed by atoms with Gasteiger partial charge in [-0.25, -0.2) is 0 Å². The van der Waals surface area contributed by atoms with Gasteiger partial charge in [-0.1, -0.05) is 19.3 Å². The Bertz CT molecular complexity index is 422. The SMILES string of the molecule is O=C(CNC(=O)C1CCCCC1)NCCc1ccco1. The van der Waals surface area contributed by atoms with Crippen molar-refractivity contribution in [2.75, 3.05) is 13.1 Å². The molecule has 0 saturated heterocycles. The van der Waals surface area contributed by atoms with Crippen LogP contribution >= 0.6 is 0 Å². The van der Waals surface area contributed by atoms with E-state index in [1.54, 1.807) is 6.26 Å². The normalized spacial score (nSPS) is 15.8. The number of carbonyl (C=O) groups excluding carboxylic acids is 2. The predicted molar refractivity (Wildman–Crippen MR) is 75.0 cm³/mol. The molecule has 1 saturated carbocycles. The molecule has 0 spiro atoms. The molecule has 20 heavy (non-hydrogen) atoms. The van der Waals surface area contributed by atoms with E-state index in [9.17, 15) is 9.59 Å². The van der Waals surface area contributed by atoms with E-state index < -0.39 is 0 Å². The van der Waals surface area contributed by atoms with Crippen molar-refractivity contribution in [2.45, 2.75) is 38.5 Å². The molecule has 2 N–H and O–H groups in total. The van der Waals surface area contributed by atoms with E-state index in [1.165, 1.54) is 6.42 Å². The van der Waals surface area contributed by atoms with Crippen LogP contribution in [0.3, 0.4) is 0 Å². The molecule has 5 nitrogen and oxygen atoms in total. The third kappa shape index (κ3) is 4.72. The number of carbonyl (C=O) groups is 2. The molecule has 0 atom stereocenters. The highest BCUT2D eigenvalue weighted by Crippen LogP contribution is 2.23. The molecule has 0 bridgehead atoms. The summed E-state index contributed by atoms with van der Waals surface area (Å²) in [5, 5.41) is 5.49. The van der Waals surface area contributed by atoms with Crippen LogP contribution < -0.4 is 10.6 Å². The van der Waals surface area contributed by atoms with Crippen LogP contribution in [0.1, 0.15) is 37.9 Å². The summed E-state index contributed by atoms with van der Waals surface area (Å²) in [6, 6.07) is 3.69. The first-order valence-electron chi connectivity index (χ1n) is 7.32. The first kappa shape index (κ1) is 14.6. The summed E-state index contributed by atoms with van der Waals surface area (Å²) in [5.74, 6) is 0.808. The zero-order chi connectivity index (χ0) is 14.2. The maximum absolute atomic E-state index is 11.9. The molecular weight excluding hydrogens is 256 g/mol. The summed E-state index contributed by atoms with van der Waals surface area (Å²) in [6.07, 6.45) is 7.63. The molecule has 1 heterocycles. The van der Waals surface area contributed by atoms with Crippen LogP contribution in [0, 0.1) is 5.92 Å². The van der Waals surface area contributed by atoms with Gasteiger partial charge in [0.15, 0.2) is 0 Å². The van der Waals surface area contributed by atoms with Gasteiger partial charge in [0.25, 0.3) is 0 Å². The number of amides is 2. The number of rotatable bonds is 6. The zero-order valence-corrected chi connectivity index (χ0v) is 11.7. The maximum Gasteiger partial charge on any atom is 0.239 e. The van der Waals surface area contributed by atoms with Crippen molar-refractivity contribution in [1.29, 1.82) is 0 Å². The molecule has 110 valence electrons. The van der Waals surface area contributed by atoms with Crippen molar-refractivity contribution in [3.05, 3.63) is 24.2 Å². The molecule has 1 aromatic rings. The Kier molecular flexibility index (Phi) is 5.65. The Labute approximate surface area is 119 Å². The Balaban J connectivity index is 1.58. The minimum absolute atomic E-state index is 0.0193. The second kappa shape index (κ2) is 7.72. The van der Waals surface area contributed by atoms with Crippen LogP contribution in [-0.4, -0.2) is 24.9 Å². The summed E-state index contributed by atoms with van der Waals surface area (Å²) < 4.78 is 5.17. The van der Waals surface area contributed by atoms with Crippen molar-refractivity contribution in [1.82, 2.24) is 10.6 Å². The molecule has 1 aliphatic rings. The monoisotopic (exact) mass is 278 g/mol. The summed E-state index contributed by atoms with van der Waals surface area (Å²) >= 11 is 0. The number of hydrogen-bond donors (Lipinski definition) is 2. The third-order valence-electron chi connectivity index (χ3n) is 3.67. The highest BCUT2D eigenvalue weighted by molar-refractivity contribution is 5.85. The van der Waals surface area contributed by atoms with E-state index >= 15 is 0 Å². The topological polar surface area (TPSA) is 71.3 Å². The molecule has 0 aromatic carbocycles. The molecule has 1 aliphatic carbocycles. The molecule has 5 heteroatoms. The quantitative estimate of drug-likeness (QED) is 0.831. The number of nitrogens with one attached hydrogen (secondary N) is 2. The molecule has 2 amide bonds. The largest absolute Gasteiger partial charge is 0.469 e. The standard InChI is InChI=1S/C15H22N2O3/c18-14(16-9-8-13-7-4-10-20-13)11-17-15(19)12-5-2-1-3-6-12/h4,7,10,12H,1-3,5-6,8-9,11H2,(H,16,18)(H,17,19). The van der Waals surface area contributed by atoms with Crippen LogP contribution in [0.15, 0.2) is 22.8 Å². The van der Waals surface area contributed by atoms with Gasteiger partial charge < -0.3 is 15.1 Å². The first-order valence-corrected chi connectivity index (χ1v) is 7.32. The molecule has 1 fully saturated rings. The van der Waals surface area contributed by atoms with E-state index in [1.807, 2.05) is 12.1 Å². The molecule has 0 aliphatic heterocycles. The van der Waals surface area contributed by atoms with Crippen LogP contribution in [0.4, 0.5) is 0 Å². The second-order valence-corrected chi connectivity index (χ2v) is 5.23. The van der Waals surface area contributed by atoms with Crippen LogP contribution in [-0.2, 0) is 16.0 Å². The van der Waals surface area contributed by atoms with Crippen molar-refractivity contribution >= 4 is 11.8 Å². The lowest BCUT2D eigenvalue weighted by Crippen LogP contribution is -2.40. The zero-order valence-electron chi connectivity index (χ0n) is 11.7. The minimum Gasteiger partial charge on any atom is -0.469 e. The fourth-order valence-corrected chi connectivity index (χ4v) is 2.52.